The lowest BCUT2D eigenvalue weighted by molar-refractivity contribution is 0.00578. The van der Waals surface area contributed by atoms with Crippen molar-refractivity contribution in [1.29, 1.82) is 0 Å². The Morgan fingerprint density at radius 1 is 0.821 bits per heavy atom. The number of rotatable bonds is 9. The average molecular weight is 541 g/mol. The summed E-state index contributed by atoms with van der Waals surface area (Å²) in [7, 11) is 2.11. The second-order valence-electron chi connectivity index (χ2n) is 10.8. The van der Waals surface area contributed by atoms with Gasteiger partial charge < -0.3 is 23.7 Å². The normalized spacial score (nSPS) is 16.0. The molecule has 0 N–H and O–H groups in total. The molecule has 4 rings (SSSR count). The van der Waals surface area contributed by atoms with Crippen LogP contribution < -0.4 is 19.8 Å². The van der Waals surface area contributed by atoms with Gasteiger partial charge in [0, 0.05) is 18.7 Å². The highest BCUT2D eigenvalue weighted by Crippen LogP contribution is 2.39. The molecule has 39 heavy (non-hydrogen) atoms. The van der Waals surface area contributed by atoms with Crippen LogP contribution in [0, 0.1) is 12.7 Å². The van der Waals surface area contributed by atoms with Crippen LogP contribution in [0.3, 0.4) is 0 Å². The zero-order valence-electron chi connectivity index (χ0n) is 23.5. The Morgan fingerprint density at radius 3 is 1.64 bits per heavy atom. The summed E-state index contributed by atoms with van der Waals surface area (Å²) in [6, 6.07) is 16.4. The van der Waals surface area contributed by atoms with Gasteiger partial charge in [0.05, 0.1) is 31.1 Å². The third kappa shape index (κ3) is 5.89. The van der Waals surface area contributed by atoms with E-state index in [0.29, 0.717) is 24.6 Å². The van der Waals surface area contributed by atoms with Crippen LogP contribution in [0.4, 0.5) is 18.9 Å². The summed E-state index contributed by atoms with van der Waals surface area (Å²) >= 11 is 0. The summed E-state index contributed by atoms with van der Waals surface area (Å²) in [6.07, 6.45) is -2.90. The highest BCUT2D eigenvalue weighted by Gasteiger charge is 2.53. The molecule has 208 valence electrons. The largest absolute Gasteiger partial charge is 0.497 e. The number of hydrogen-bond donors (Lipinski definition) is 0. The first kappa shape index (κ1) is 28.8. The molecule has 9 heteroatoms. The topological polar surface area (TPSA) is 40.2 Å². The van der Waals surface area contributed by atoms with Crippen molar-refractivity contribution >= 4 is 18.3 Å². The first-order valence-electron chi connectivity index (χ1n) is 12.8. The Hall–Kier alpha value is -3.17. The van der Waals surface area contributed by atoms with Crippen LogP contribution in [0.1, 0.15) is 56.4 Å². The van der Waals surface area contributed by atoms with E-state index in [-0.39, 0.29) is 16.7 Å². The van der Waals surface area contributed by atoms with E-state index in [9.17, 15) is 8.78 Å². The lowest BCUT2D eigenvalue weighted by Crippen LogP contribution is -2.41. The van der Waals surface area contributed by atoms with Crippen molar-refractivity contribution < 1.29 is 32.0 Å². The Labute approximate surface area is 229 Å². The molecule has 1 fully saturated rings. The standard InChI is InChI=1S/C30H35BF3NO4/c1-19-26(28(33)34)24(31-38-29(2,3)30(4,5)39-31)16-25(27(19)32)35(17-20-8-12-22(36-6)13-9-20)18-21-10-14-23(37-7)15-11-21/h8-16,28H,17-18H2,1-7H3. The van der Waals surface area contributed by atoms with E-state index < -0.39 is 36.1 Å². The van der Waals surface area contributed by atoms with Gasteiger partial charge in [-0.3, -0.25) is 0 Å². The van der Waals surface area contributed by atoms with E-state index >= 15 is 4.39 Å². The monoisotopic (exact) mass is 541 g/mol. The van der Waals surface area contributed by atoms with Gasteiger partial charge in [-0.1, -0.05) is 24.3 Å². The molecule has 0 radical (unpaired) electrons. The number of anilines is 1. The fraction of sp³-hybridized carbons (Fsp3) is 0.400. The maximum absolute atomic E-state index is 16.0. The summed E-state index contributed by atoms with van der Waals surface area (Å²) in [6.45, 7) is 9.44. The first-order valence-corrected chi connectivity index (χ1v) is 12.8. The molecule has 1 heterocycles. The van der Waals surface area contributed by atoms with Crippen LogP contribution in [-0.4, -0.2) is 32.5 Å². The van der Waals surface area contributed by atoms with Crippen LogP contribution in [0.2, 0.25) is 0 Å². The van der Waals surface area contributed by atoms with Gasteiger partial charge in [0.2, 0.25) is 0 Å². The smallest absolute Gasteiger partial charge is 0.495 e. The lowest BCUT2D eigenvalue weighted by Gasteiger charge is -2.32. The van der Waals surface area contributed by atoms with Gasteiger partial charge in [-0.25, -0.2) is 13.2 Å². The molecule has 0 amide bonds. The third-order valence-corrected chi connectivity index (χ3v) is 7.69. The minimum Gasteiger partial charge on any atom is -0.497 e. The number of alkyl halides is 2. The molecule has 0 aliphatic carbocycles. The van der Waals surface area contributed by atoms with Crippen LogP contribution in [0.15, 0.2) is 54.6 Å². The molecule has 5 nitrogen and oxygen atoms in total. The summed E-state index contributed by atoms with van der Waals surface area (Å²) in [5.74, 6) is 0.700. The predicted molar refractivity (Wildman–Crippen MR) is 148 cm³/mol. The number of benzene rings is 3. The maximum Gasteiger partial charge on any atom is 0.495 e. The third-order valence-electron chi connectivity index (χ3n) is 7.69. The van der Waals surface area contributed by atoms with E-state index in [0.717, 1.165) is 11.1 Å². The van der Waals surface area contributed by atoms with E-state index in [4.69, 9.17) is 18.8 Å². The molecule has 1 saturated heterocycles. The van der Waals surface area contributed by atoms with Crippen molar-refractivity contribution in [3.8, 4) is 11.5 Å². The molecule has 0 atom stereocenters. The van der Waals surface area contributed by atoms with Crippen molar-refractivity contribution in [1.82, 2.24) is 0 Å². The van der Waals surface area contributed by atoms with Gasteiger partial charge in [0.1, 0.15) is 17.3 Å². The van der Waals surface area contributed by atoms with Gasteiger partial charge >= 0.3 is 7.12 Å². The van der Waals surface area contributed by atoms with Crippen molar-refractivity contribution in [2.75, 3.05) is 19.1 Å². The SMILES string of the molecule is COc1ccc(CN(Cc2ccc(OC)cc2)c2cc(B3OC(C)(C)C(C)(C)O3)c(C(F)F)c(C)c2F)cc1. The summed E-state index contributed by atoms with van der Waals surface area (Å²) in [5.41, 5.74) is 0.107. The van der Waals surface area contributed by atoms with Crippen molar-refractivity contribution in [2.45, 2.75) is 65.3 Å². The van der Waals surface area contributed by atoms with Gasteiger partial charge in [0.25, 0.3) is 6.43 Å². The van der Waals surface area contributed by atoms with Crippen molar-refractivity contribution in [3.05, 3.63) is 82.7 Å². The fourth-order valence-electron chi connectivity index (χ4n) is 4.63. The predicted octanol–water partition coefficient (Wildman–Crippen LogP) is 6.59. The molecule has 1 aliphatic rings. The van der Waals surface area contributed by atoms with Crippen molar-refractivity contribution in [3.63, 3.8) is 0 Å². The summed E-state index contributed by atoms with van der Waals surface area (Å²) in [4.78, 5) is 1.83. The molecule has 0 saturated carbocycles. The molecular formula is C30H35BF3NO4. The zero-order valence-corrected chi connectivity index (χ0v) is 23.5. The Kier molecular flexibility index (Phi) is 8.23. The van der Waals surface area contributed by atoms with Gasteiger partial charge in [0.15, 0.2) is 0 Å². The number of methoxy groups -OCH3 is 2. The Bertz CT molecular complexity index is 1230. The van der Waals surface area contributed by atoms with Crippen LogP contribution in [0.5, 0.6) is 11.5 Å². The second-order valence-corrected chi connectivity index (χ2v) is 10.8. The highest BCUT2D eigenvalue weighted by atomic mass is 19.3. The quantitative estimate of drug-likeness (QED) is 0.286. The number of nitrogens with zero attached hydrogens (tertiary/aromatic N) is 1. The van der Waals surface area contributed by atoms with Crippen LogP contribution >= 0.6 is 0 Å². The number of hydrogen-bond acceptors (Lipinski definition) is 5. The molecule has 0 aromatic heterocycles. The van der Waals surface area contributed by atoms with Crippen LogP contribution in [0.25, 0.3) is 0 Å². The molecule has 0 unspecified atom stereocenters. The van der Waals surface area contributed by atoms with E-state index in [1.807, 2.05) is 81.1 Å². The van der Waals surface area contributed by atoms with Crippen LogP contribution in [-0.2, 0) is 22.4 Å². The summed E-state index contributed by atoms with van der Waals surface area (Å²) < 4.78 is 67.5. The van der Waals surface area contributed by atoms with Gasteiger partial charge in [-0.15, -0.1) is 0 Å². The molecule has 3 aromatic carbocycles. The van der Waals surface area contributed by atoms with Gasteiger partial charge in [-0.2, -0.15) is 0 Å². The minimum absolute atomic E-state index is 0.123. The van der Waals surface area contributed by atoms with E-state index in [2.05, 4.69) is 0 Å². The average Bonchev–Trinajstić information content (AvgIpc) is 3.12. The molecule has 0 bridgehead atoms. The first-order chi connectivity index (χ1) is 18.4. The van der Waals surface area contributed by atoms with Gasteiger partial charge in [-0.05, 0) is 87.1 Å². The summed E-state index contributed by atoms with van der Waals surface area (Å²) in [5, 5.41) is 0. The lowest BCUT2D eigenvalue weighted by atomic mass is 9.74. The molecule has 3 aromatic rings. The molecule has 0 spiro atoms. The second kappa shape index (κ2) is 11.1. The maximum atomic E-state index is 16.0. The zero-order chi connectivity index (χ0) is 28.5. The molecular weight excluding hydrogens is 506 g/mol. The minimum atomic E-state index is -2.90. The number of ether oxygens (including phenoxy) is 2. The van der Waals surface area contributed by atoms with Crippen molar-refractivity contribution in [2.24, 2.45) is 0 Å². The number of halogens is 3. The van der Waals surface area contributed by atoms with E-state index in [1.165, 1.54) is 13.0 Å². The molecule has 1 aliphatic heterocycles. The highest BCUT2D eigenvalue weighted by molar-refractivity contribution is 6.62. The fourth-order valence-corrected chi connectivity index (χ4v) is 4.63. The van der Waals surface area contributed by atoms with E-state index in [1.54, 1.807) is 14.2 Å². The Morgan fingerprint density at radius 2 is 1.26 bits per heavy atom. The Balaban J connectivity index is 1.82.